The molecule has 1 aliphatic carbocycles. The molecule has 0 unspecified atom stereocenters. The van der Waals surface area contributed by atoms with E-state index in [-0.39, 0.29) is 12.0 Å². The zero-order chi connectivity index (χ0) is 18.6. The first-order valence-electron chi connectivity index (χ1n) is 9.83. The molecule has 0 saturated carbocycles. The van der Waals surface area contributed by atoms with E-state index in [2.05, 4.69) is 11.1 Å². The van der Waals surface area contributed by atoms with Crippen molar-refractivity contribution in [2.75, 3.05) is 26.3 Å². The second kappa shape index (κ2) is 8.10. The molecule has 6 heteroatoms. The zero-order valence-corrected chi connectivity index (χ0v) is 15.5. The fourth-order valence-corrected chi connectivity index (χ4v) is 4.34. The highest BCUT2D eigenvalue weighted by molar-refractivity contribution is 5.93. The SMILES string of the molecule is N#Cc1ccc(OCC[C@H]2CO[C@H]3CN(C(=O)C4=CCCCC4)C[C@@H]23)nc1. The summed E-state index contributed by atoms with van der Waals surface area (Å²) in [4.78, 5) is 18.9. The minimum atomic E-state index is 0.163. The predicted molar refractivity (Wildman–Crippen MR) is 98.9 cm³/mol. The topological polar surface area (TPSA) is 75.5 Å². The highest BCUT2D eigenvalue weighted by Gasteiger charge is 2.45. The number of rotatable bonds is 5. The second-order valence-electron chi connectivity index (χ2n) is 7.62. The van der Waals surface area contributed by atoms with E-state index < -0.39 is 0 Å². The fourth-order valence-electron chi connectivity index (χ4n) is 4.34. The van der Waals surface area contributed by atoms with Crippen molar-refractivity contribution in [3.05, 3.63) is 35.5 Å². The summed E-state index contributed by atoms with van der Waals surface area (Å²) in [7, 11) is 0. The number of nitriles is 1. The van der Waals surface area contributed by atoms with Crippen LogP contribution in [0.5, 0.6) is 5.88 Å². The molecule has 0 N–H and O–H groups in total. The Balaban J connectivity index is 1.27. The minimum absolute atomic E-state index is 0.163. The molecule has 0 radical (unpaired) electrons. The second-order valence-corrected chi connectivity index (χ2v) is 7.62. The van der Waals surface area contributed by atoms with Gasteiger partial charge in [-0.05, 0) is 44.1 Å². The average molecular weight is 367 g/mol. The van der Waals surface area contributed by atoms with Crippen molar-refractivity contribution >= 4 is 5.91 Å². The van der Waals surface area contributed by atoms with Crippen molar-refractivity contribution in [2.24, 2.45) is 11.8 Å². The Hall–Kier alpha value is -2.39. The normalized spacial score (nSPS) is 27.0. The summed E-state index contributed by atoms with van der Waals surface area (Å²) in [5.74, 6) is 1.56. The number of fused-ring (bicyclic) bond motifs is 1. The molecule has 0 spiro atoms. The fraction of sp³-hybridized carbons (Fsp3) is 0.571. The summed E-state index contributed by atoms with van der Waals surface area (Å²) in [6, 6.07) is 5.47. The van der Waals surface area contributed by atoms with Crippen molar-refractivity contribution in [3.8, 4) is 11.9 Å². The van der Waals surface area contributed by atoms with Crippen LogP contribution >= 0.6 is 0 Å². The molecule has 3 aliphatic rings. The van der Waals surface area contributed by atoms with E-state index in [0.29, 0.717) is 29.9 Å². The Kier molecular flexibility index (Phi) is 5.40. The summed E-state index contributed by atoms with van der Waals surface area (Å²) < 4.78 is 11.7. The lowest BCUT2D eigenvalue weighted by Gasteiger charge is -2.22. The molecule has 27 heavy (non-hydrogen) atoms. The molecule has 2 fully saturated rings. The maximum Gasteiger partial charge on any atom is 0.249 e. The molecule has 0 aromatic carbocycles. The van der Waals surface area contributed by atoms with E-state index in [0.717, 1.165) is 51.0 Å². The number of hydrogen-bond donors (Lipinski definition) is 0. The third kappa shape index (κ3) is 3.98. The van der Waals surface area contributed by atoms with Crippen LogP contribution in [0.25, 0.3) is 0 Å². The third-order valence-electron chi connectivity index (χ3n) is 5.90. The lowest BCUT2D eigenvalue weighted by Crippen LogP contribution is -2.33. The standard InChI is InChI=1S/C21H25N3O3/c22-10-15-6-7-20(23-11-15)26-9-8-17-14-27-19-13-24(12-18(17)19)21(25)16-4-2-1-3-5-16/h4,6-7,11,17-19H,1-3,5,8-9,12-14H2/t17-,18-,19-/m0/s1. The van der Waals surface area contributed by atoms with Crippen LogP contribution in [-0.2, 0) is 9.53 Å². The number of likely N-dealkylation sites (tertiary alicyclic amines) is 1. The number of carbonyl (C=O) groups excluding carboxylic acids is 1. The molecule has 3 heterocycles. The van der Waals surface area contributed by atoms with Crippen molar-refractivity contribution in [3.63, 3.8) is 0 Å². The molecule has 1 aromatic rings. The van der Waals surface area contributed by atoms with Crippen LogP contribution in [0.1, 0.15) is 37.7 Å². The van der Waals surface area contributed by atoms with Crippen molar-refractivity contribution in [2.45, 2.75) is 38.2 Å². The number of amides is 1. The highest BCUT2D eigenvalue weighted by atomic mass is 16.5. The number of ether oxygens (including phenoxy) is 2. The van der Waals surface area contributed by atoms with Gasteiger partial charge in [0.2, 0.25) is 11.8 Å². The summed E-state index contributed by atoms with van der Waals surface area (Å²) in [5.41, 5.74) is 1.52. The van der Waals surface area contributed by atoms with Gasteiger partial charge in [-0.1, -0.05) is 6.08 Å². The smallest absolute Gasteiger partial charge is 0.249 e. The third-order valence-corrected chi connectivity index (χ3v) is 5.90. The monoisotopic (exact) mass is 367 g/mol. The van der Waals surface area contributed by atoms with Crippen LogP contribution < -0.4 is 4.74 Å². The zero-order valence-electron chi connectivity index (χ0n) is 15.5. The van der Waals surface area contributed by atoms with Gasteiger partial charge in [0.15, 0.2) is 0 Å². The largest absolute Gasteiger partial charge is 0.478 e. The lowest BCUT2D eigenvalue weighted by atomic mass is 9.91. The van der Waals surface area contributed by atoms with E-state index >= 15 is 0 Å². The molecule has 6 nitrogen and oxygen atoms in total. The molecule has 4 rings (SSSR count). The van der Waals surface area contributed by atoms with E-state index in [1.54, 1.807) is 12.1 Å². The van der Waals surface area contributed by atoms with Crippen molar-refractivity contribution in [1.29, 1.82) is 5.26 Å². The Labute approximate surface area is 159 Å². The Morgan fingerprint density at radius 2 is 2.30 bits per heavy atom. The molecule has 1 aromatic heterocycles. The average Bonchev–Trinajstić information content (AvgIpc) is 3.30. The lowest BCUT2D eigenvalue weighted by molar-refractivity contribution is -0.127. The van der Waals surface area contributed by atoms with Gasteiger partial charge in [-0.3, -0.25) is 4.79 Å². The number of hydrogen-bond acceptors (Lipinski definition) is 5. The van der Waals surface area contributed by atoms with Crippen molar-refractivity contribution in [1.82, 2.24) is 9.88 Å². The number of allylic oxidation sites excluding steroid dienone is 1. The minimum Gasteiger partial charge on any atom is -0.478 e. The summed E-state index contributed by atoms with van der Waals surface area (Å²) in [6.07, 6.45) is 8.95. The van der Waals surface area contributed by atoms with Gasteiger partial charge in [0.25, 0.3) is 0 Å². The van der Waals surface area contributed by atoms with Gasteiger partial charge < -0.3 is 14.4 Å². The first kappa shape index (κ1) is 18.0. The Morgan fingerprint density at radius 3 is 3.04 bits per heavy atom. The summed E-state index contributed by atoms with van der Waals surface area (Å²) in [5, 5.41) is 8.80. The van der Waals surface area contributed by atoms with E-state index in [9.17, 15) is 4.79 Å². The molecule has 2 aliphatic heterocycles. The molecular formula is C21H25N3O3. The summed E-state index contributed by atoms with van der Waals surface area (Å²) in [6.45, 7) is 2.81. The molecule has 3 atom stereocenters. The van der Waals surface area contributed by atoms with Gasteiger partial charge in [0.1, 0.15) is 6.07 Å². The Morgan fingerprint density at radius 1 is 1.37 bits per heavy atom. The molecule has 142 valence electrons. The van der Waals surface area contributed by atoms with Gasteiger partial charge >= 0.3 is 0 Å². The maximum atomic E-state index is 12.7. The number of pyridine rings is 1. The number of nitrogens with zero attached hydrogens (tertiary/aromatic N) is 3. The van der Waals surface area contributed by atoms with Gasteiger partial charge in [-0.25, -0.2) is 4.98 Å². The van der Waals surface area contributed by atoms with Gasteiger partial charge in [-0.2, -0.15) is 5.26 Å². The van der Waals surface area contributed by atoms with Gasteiger partial charge in [0.05, 0.1) is 24.9 Å². The first-order valence-corrected chi connectivity index (χ1v) is 9.83. The molecule has 0 bridgehead atoms. The predicted octanol–water partition coefficient (Wildman–Crippen LogP) is 2.70. The molecular weight excluding hydrogens is 342 g/mol. The van der Waals surface area contributed by atoms with E-state index in [1.807, 2.05) is 11.0 Å². The van der Waals surface area contributed by atoms with Crippen LogP contribution in [0.3, 0.4) is 0 Å². The van der Waals surface area contributed by atoms with Crippen molar-refractivity contribution < 1.29 is 14.3 Å². The van der Waals surface area contributed by atoms with Crippen LogP contribution in [0, 0.1) is 23.2 Å². The first-order chi connectivity index (χ1) is 13.2. The Bertz CT molecular complexity index is 753. The van der Waals surface area contributed by atoms with Crippen LogP contribution in [0.2, 0.25) is 0 Å². The maximum absolute atomic E-state index is 12.7. The molecule has 1 amide bonds. The van der Waals surface area contributed by atoms with E-state index in [4.69, 9.17) is 14.7 Å². The number of aromatic nitrogens is 1. The van der Waals surface area contributed by atoms with Crippen LogP contribution in [0.15, 0.2) is 30.0 Å². The van der Waals surface area contributed by atoms with E-state index in [1.165, 1.54) is 12.6 Å². The summed E-state index contributed by atoms with van der Waals surface area (Å²) >= 11 is 0. The highest BCUT2D eigenvalue weighted by Crippen LogP contribution is 2.36. The van der Waals surface area contributed by atoms with Gasteiger partial charge in [0, 0.05) is 36.8 Å². The van der Waals surface area contributed by atoms with Crippen LogP contribution in [-0.4, -0.2) is 48.2 Å². The quantitative estimate of drug-likeness (QED) is 0.800. The molecule has 2 saturated heterocycles. The number of carbonyl (C=O) groups is 1. The van der Waals surface area contributed by atoms with Gasteiger partial charge in [-0.15, -0.1) is 0 Å². The van der Waals surface area contributed by atoms with Crippen LogP contribution in [0.4, 0.5) is 0 Å².